The topological polar surface area (TPSA) is 105 Å². The van der Waals surface area contributed by atoms with Crippen LogP contribution < -0.4 is 0 Å². The molecule has 0 aliphatic heterocycles. The zero-order chi connectivity index (χ0) is 21.7. The minimum absolute atomic E-state index is 0.00222. The van der Waals surface area contributed by atoms with Crippen LogP contribution >= 0.6 is 0 Å². The highest BCUT2D eigenvalue weighted by Gasteiger charge is 2.18. The van der Waals surface area contributed by atoms with Crippen molar-refractivity contribution in [2.45, 2.75) is 19.8 Å². The lowest BCUT2D eigenvalue weighted by Crippen LogP contribution is -2.11. The molecule has 0 saturated heterocycles. The van der Waals surface area contributed by atoms with Crippen LogP contribution in [-0.2, 0) is 16.6 Å². The summed E-state index contributed by atoms with van der Waals surface area (Å²) in [6, 6.07) is 16.3. The maximum Gasteiger partial charge on any atom is 0.306 e. The number of nitrogens with zero attached hydrogens (tertiary/aromatic N) is 3. The van der Waals surface area contributed by atoms with Gasteiger partial charge in [-0.1, -0.05) is 42.0 Å². The van der Waals surface area contributed by atoms with Crippen LogP contribution in [0.5, 0.6) is 0 Å². The number of hydrogen-bond donors (Lipinski definition) is 1. The van der Waals surface area contributed by atoms with Gasteiger partial charge in [0.1, 0.15) is 18.2 Å². The fourth-order valence-electron chi connectivity index (χ4n) is 3.01. The average molecular weight is 403 g/mol. The van der Waals surface area contributed by atoms with Gasteiger partial charge in [0.15, 0.2) is 17.4 Å². The molecular weight excluding hydrogens is 382 g/mol. The van der Waals surface area contributed by atoms with Gasteiger partial charge in [0, 0.05) is 19.0 Å². The number of aliphatic hydroxyl groups excluding tert-OH is 1. The van der Waals surface area contributed by atoms with E-state index in [2.05, 4.69) is 4.98 Å². The highest BCUT2D eigenvalue weighted by Crippen LogP contribution is 2.22. The van der Waals surface area contributed by atoms with Gasteiger partial charge in [0.25, 0.3) is 0 Å². The number of benzene rings is 2. The Morgan fingerprint density at radius 2 is 1.83 bits per heavy atom. The first kappa shape index (κ1) is 20.8. The number of fused-ring (bicyclic) bond motifs is 1. The molecule has 0 atom stereocenters. The van der Waals surface area contributed by atoms with Gasteiger partial charge in [-0.25, -0.2) is 4.98 Å². The minimum Gasteiger partial charge on any atom is -0.507 e. The Labute approximate surface area is 173 Å². The van der Waals surface area contributed by atoms with Crippen molar-refractivity contribution in [2.24, 2.45) is 7.05 Å². The van der Waals surface area contributed by atoms with E-state index in [4.69, 9.17) is 4.74 Å². The molecule has 7 nitrogen and oxygen atoms in total. The van der Waals surface area contributed by atoms with Gasteiger partial charge in [0.2, 0.25) is 0 Å². The van der Waals surface area contributed by atoms with Crippen molar-refractivity contribution in [3.63, 3.8) is 0 Å². The van der Waals surface area contributed by atoms with Gasteiger partial charge in [-0.15, -0.1) is 0 Å². The summed E-state index contributed by atoms with van der Waals surface area (Å²) in [5.41, 5.74) is 2.99. The summed E-state index contributed by atoms with van der Waals surface area (Å²) < 4.78 is 6.73. The van der Waals surface area contributed by atoms with Crippen LogP contribution in [0.3, 0.4) is 0 Å². The number of Topliss-reactive ketones (excluding diaryl/α,β-unsaturated/α-hetero) is 1. The molecule has 0 amide bonds. The van der Waals surface area contributed by atoms with E-state index >= 15 is 0 Å². The fourth-order valence-corrected chi connectivity index (χ4v) is 3.01. The number of hydrogen-bond acceptors (Lipinski definition) is 6. The number of rotatable bonds is 7. The number of ether oxygens (including phenoxy) is 1. The molecule has 0 aliphatic rings. The molecule has 30 heavy (non-hydrogen) atoms. The molecule has 1 aromatic heterocycles. The Kier molecular flexibility index (Phi) is 6.28. The number of ketones is 1. The van der Waals surface area contributed by atoms with E-state index in [0.717, 1.165) is 11.1 Å². The van der Waals surface area contributed by atoms with Gasteiger partial charge in [0.05, 0.1) is 17.5 Å². The minimum atomic E-state index is -0.635. The fraction of sp³-hybridized carbons (Fsp3) is 0.217. The standard InChI is InChI=1S/C23H21N3O4/c1-15-7-9-16(10-8-15)20(27)11-12-22(29)30-14-21(28)17(13-24)23-25-18-5-3-4-6-19(18)26(23)2/h3-10,28H,11-12,14H2,1-2H3/b21-17-. The molecule has 152 valence electrons. The normalized spacial score (nSPS) is 11.6. The van der Waals surface area contributed by atoms with E-state index in [9.17, 15) is 20.0 Å². The number of nitriles is 1. The third-order valence-electron chi connectivity index (χ3n) is 4.71. The van der Waals surface area contributed by atoms with Gasteiger partial charge in [-0.3, -0.25) is 9.59 Å². The van der Waals surface area contributed by atoms with Gasteiger partial charge >= 0.3 is 5.97 Å². The third kappa shape index (κ3) is 4.55. The number of carbonyl (C=O) groups is 2. The lowest BCUT2D eigenvalue weighted by Gasteiger charge is -2.07. The summed E-state index contributed by atoms with van der Waals surface area (Å²) in [5.74, 6) is -0.913. The number of esters is 1. The highest BCUT2D eigenvalue weighted by atomic mass is 16.5. The van der Waals surface area contributed by atoms with E-state index in [1.807, 2.05) is 43.3 Å². The molecule has 3 rings (SSSR count). The Morgan fingerprint density at radius 3 is 2.50 bits per heavy atom. The molecule has 0 spiro atoms. The molecule has 0 aliphatic carbocycles. The van der Waals surface area contributed by atoms with Crippen LogP contribution in [0.15, 0.2) is 54.3 Å². The molecule has 7 heteroatoms. The maximum atomic E-state index is 12.1. The second-order valence-electron chi connectivity index (χ2n) is 6.87. The summed E-state index contributed by atoms with van der Waals surface area (Å²) in [5, 5.41) is 19.8. The van der Waals surface area contributed by atoms with Crippen molar-refractivity contribution in [1.29, 1.82) is 5.26 Å². The lowest BCUT2D eigenvalue weighted by molar-refractivity contribution is -0.143. The molecule has 0 saturated carbocycles. The summed E-state index contributed by atoms with van der Waals surface area (Å²) in [4.78, 5) is 28.5. The number of aryl methyl sites for hydroxylation is 2. The summed E-state index contributed by atoms with van der Waals surface area (Å²) >= 11 is 0. The van der Waals surface area contributed by atoms with Crippen LogP contribution in [0, 0.1) is 18.3 Å². The lowest BCUT2D eigenvalue weighted by atomic mass is 10.1. The monoisotopic (exact) mass is 403 g/mol. The van der Waals surface area contributed by atoms with Gasteiger partial charge in [-0.05, 0) is 19.1 Å². The van der Waals surface area contributed by atoms with E-state index < -0.39 is 18.3 Å². The second-order valence-corrected chi connectivity index (χ2v) is 6.87. The molecule has 1 heterocycles. The van der Waals surface area contributed by atoms with Crippen molar-refractivity contribution >= 4 is 28.4 Å². The first-order valence-corrected chi connectivity index (χ1v) is 9.40. The maximum absolute atomic E-state index is 12.1. The molecule has 2 aromatic carbocycles. The molecular formula is C23H21N3O4. The van der Waals surface area contributed by atoms with Crippen molar-refractivity contribution in [1.82, 2.24) is 9.55 Å². The first-order chi connectivity index (χ1) is 14.4. The summed E-state index contributed by atoms with van der Waals surface area (Å²) in [6.07, 6.45) is -0.115. The predicted octanol–water partition coefficient (Wildman–Crippen LogP) is 3.88. The van der Waals surface area contributed by atoms with Crippen LogP contribution in [0.25, 0.3) is 16.6 Å². The Bertz CT molecular complexity index is 1170. The van der Waals surface area contributed by atoms with E-state index in [0.29, 0.717) is 11.1 Å². The van der Waals surface area contributed by atoms with E-state index in [1.54, 1.807) is 29.8 Å². The van der Waals surface area contributed by atoms with Crippen LogP contribution in [0.4, 0.5) is 0 Å². The van der Waals surface area contributed by atoms with Crippen LogP contribution in [0.2, 0.25) is 0 Å². The molecule has 0 radical (unpaired) electrons. The zero-order valence-corrected chi connectivity index (χ0v) is 16.8. The zero-order valence-electron chi connectivity index (χ0n) is 16.8. The number of carbonyl (C=O) groups excluding carboxylic acids is 2. The predicted molar refractivity (Wildman–Crippen MR) is 112 cm³/mol. The Hall–Kier alpha value is -3.92. The largest absolute Gasteiger partial charge is 0.507 e. The van der Waals surface area contributed by atoms with Crippen molar-refractivity contribution in [2.75, 3.05) is 6.61 Å². The number of allylic oxidation sites excluding steroid dienone is 1. The molecule has 3 aromatic rings. The third-order valence-corrected chi connectivity index (χ3v) is 4.71. The van der Waals surface area contributed by atoms with Crippen molar-refractivity contribution < 1.29 is 19.4 Å². The molecule has 1 N–H and O–H groups in total. The number of para-hydroxylation sites is 2. The quantitative estimate of drug-likeness (QED) is 0.278. The second kappa shape index (κ2) is 9.05. The Balaban J connectivity index is 1.63. The SMILES string of the molecule is Cc1ccc(C(=O)CCC(=O)OC/C(O)=C(\C#N)c2nc3ccccc3n2C)cc1. The summed E-state index contributed by atoms with van der Waals surface area (Å²) in [7, 11) is 1.73. The first-order valence-electron chi connectivity index (χ1n) is 9.40. The van der Waals surface area contributed by atoms with Crippen LogP contribution in [-0.4, -0.2) is 33.0 Å². The molecule has 0 unspecified atom stereocenters. The molecule has 0 fully saturated rings. The average Bonchev–Trinajstić information content (AvgIpc) is 3.08. The van der Waals surface area contributed by atoms with E-state index in [-0.39, 0.29) is 30.0 Å². The van der Waals surface area contributed by atoms with E-state index in [1.165, 1.54) is 0 Å². The van der Waals surface area contributed by atoms with Gasteiger partial charge in [-0.2, -0.15) is 5.26 Å². The smallest absolute Gasteiger partial charge is 0.306 e. The van der Waals surface area contributed by atoms with Gasteiger partial charge < -0.3 is 14.4 Å². The van der Waals surface area contributed by atoms with Crippen LogP contribution in [0.1, 0.15) is 34.6 Å². The Morgan fingerprint density at radius 1 is 1.13 bits per heavy atom. The number of aromatic nitrogens is 2. The highest BCUT2D eigenvalue weighted by molar-refractivity contribution is 5.97. The van der Waals surface area contributed by atoms with Crippen molar-refractivity contribution in [3.05, 3.63) is 71.2 Å². The number of aliphatic hydroxyl groups is 1. The number of imidazole rings is 1. The van der Waals surface area contributed by atoms with Crippen molar-refractivity contribution in [3.8, 4) is 6.07 Å². The summed E-state index contributed by atoms with van der Waals surface area (Å²) in [6.45, 7) is 1.46. The molecule has 0 bridgehead atoms.